The maximum atomic E-state index is 5.50. The maximum Gasteiger partial charge on any atom is 0.162 e. The molecule has 1 aliphatic heterocycles. The van der Waals surface area contributed by atoms with Crippen LogP contribution < -0.4 is 14.8 Å². The minimum atomic E-state index is 0.599. The normalized spacial score (nSPS) is 13.5. The molecule has 0 unspecified atom stereocenters. The van der Waals surface area contributed by atoms with Gasteiger partial charge in [-0.3, -0.25) is 0 Å². The molecule has 1 heterocycles. The standard InChI is InChI=1S/C11H13NO2S/c1-7-5-9-10(14-4-3-13-9)6-8(7)11(15)12-2/h5-6H,3-4H2,1-2H3,(H,12,15). The monoisotopic (exact) mass is 223 g/mol. The van der Waals surface area contributed by atoms with Crippen LogP contribution in [0.1, 0.15) is 11.1 Å². The molecule has 0 atom stereocenters. The second-order valence-electron chi connectivity index (χ2n) is 3.39. The smallest absolute Gasteiger partial charge is 0.162 e. The van der Waals surface area contributed by atoms with E-state index in [9.17, 15) is 0 Å². The molecule has 1 aliphatic rings. The van der Waals surface area contributed by atoms with E-state index in [1.807, 2.05) is 26.1 Å². The Morgan fingerprint density at radius 3 is 2.47 bits per heavy atom. The van der Waals surface area contributed by atoms with Gasteiger partial charge in [-0.05, 0) is 24.6 Å². The predicted octanol–water partition coefficient (Wildman–Crippen LogP) is 1.66. The largest absolute Gasteiger partial charge is 0.486 e. The van der Waals surface area contributed by atoms with Gasteiger partial charge in [-0.15, -0.1) is 0 Å². The first-order valence-electron chi connectivity index (χ1n) is 4.84. The highest BCUT2D eigenvalue weighted by Gasteiger charge is 2.15. The van der Waals surface area contributed by atoms with Crippen molar-refractivity contribution in [2.24, 2.45) is 0 Å². The molecular weight excluding hydrogens is 210 g/mol. The molecule has 0 radical (unpaired) electrons. The summed E-state index contributed by atoms with van der Waals surface area (Å²) in [6.07, 6.45) is 0. The summed E-state index contributed by atoms with van der Waals surface area (Å²) in [5, 5.41) is 2.96. The van der Waals surface area contributed by atoms with Crippen LogP contribution in [0.15, 0.2) is 12.1 Å². The van der Waals surface area contributed by atoms with E-state index >= 15 is 0 Å². The lowest BCUT2D eigenvalue weighted by atomic mass is 10.1. The zero-order valence-electron chi connectivity index (χ0n) is 8.79. The molecule has 1 aromatic carbocycles. The minimum Gasteiger partial charge on any atom is -0.486 e. The second kappa shape index (κ2) is 4.06. The lowest BCUT2D eigenvalue weighted by Gasteiger charge is -2.20. The third kappa shape index (κ3) is 1.90. The van der Waals surface area contributed by atoms with Gasteiger partial charge in [-0.25, -0.2) is 0 Å². The first-order chi connectivity index (χ1) is 7.22. The van der Waals surface area contributed by atoms with Gasteiger partial charge in [0, 0.05) is 12.6 Å². The average Bonchev–Trinajstić information content (AvgIpc) is 2.27. The molecule has 4 heteroatoms. The molecule has 0 saturated heterocycles. The van der Waals surface area contributed by atoms with Gasteiger partial charge < -0.3 is 14.8 Å². The average molecular weight is 223 g/mol. The van der Waals surface area contributed by atoms with Gasteiger partial charge in [0.1, 0.15) is 18.2 Å². The van der Waals surface area contributed by atoms with Gasteiger partial charge in [-0.1, -0.05) is 12.2 Å². The Bertz CT molecular complexity index is 404. The van der Waals surface area contributed by atoms with Crippen molar-refractivity contribution in [3.8, 4) is 11.5 Å². The Morgan fingerprint density at radius 2 is 1.87 bits per heavy atom. The van der Waals surface area contributed by atoms with Gasteiger partial charge >= 0.3 is 0 Å². The van der Waals surface area contributed by atoms with Crippen molar-refractivity contribution in [3.05, 3.63) is 23.3 Å². The number of rotatable bonds is 1. The Hall–Kier alpha value is -1.29. The molecule has 80 valence electrons. The minimum absolute atomic E-state index is 0.599. The van der Waals surface area contributed by atoms with E-state index < -0.39 is 0 Å². The number of thiocarbonyl (C=S) groups is 1. The van der Waals surface area contributed by atoms with Crippen LogP contribution in [0.5, 0.6) is 11.5 Å². The van der Waals surface area contributed by atoms with Crippen LogP contribution in [0.3, 0.4) is 0 Å². The van der Waals surface area contributed by atoms with E-state index in [1.54, 1.807) is 0 Å². The molecule has 0 spiro atoms. The van der Waals surface area contributed by atoms with E-state index in [1.165, 1.54) is 0 Å². The van der Waals surface area contributed by atoms with Gasteiger partial charge in [-0.2, -0.15) is 0 Å². The number of ether oxygens (including phenoxy) is 2. The zero-order chi connectivity index (χ0) is 10.8. The summed E-state index contributed by atoms with van der Waals surface area (Å²) in [5.41, 5.74) is 2.09. The van der Waals surface area contributed by atoms with E-state index in [4.69, 9.17) is 21.7 Å². The molecule has 0 fully saturated rings. The van der Waals surface area contributed by atoms with Crippen LogP contribution in [-0.2, 0) is 0 Å². The number of fused-ring (bicyclic) bond motifs is 1. The number of benzene rings is 1. The molecule has 0 bridgehead atoms. The molecule has 0 aliphatic carbocycles. The fraction of sp³-hybridized carbons (Fsp3) is 0.364. The number of aryl methyl sites for hydroxylation is 1. The molecule has 3 nitrogen and oxygen atoms in total. The highest BCUT2D eigenvalue weighted by molar-refractivity contribution is 7.80. The van der Waals surface area contributed by atoms with E-state index in [0.717, 1.165) is 27.6 Å². The summed E-state index contributed by atoms with van der Waals surface area (Å²) < 4.78 is 11.0. The fourth-order valence-electron chi connectivity index (χ4n) is 1.57. The highest BCUT2D eigenvalue weighted by atomic mass is 32.1. The summed E-state index contributed by atoms with van der Waals surface area (Å²) in [4.78, 5) is 0.726. The van der Waals surface area contributed by atoms with Gasteiger partial charge in [0.05, 0.1) is 0 Å². The second-order valence-corrected chi connectivity index (χ2v) is 3.80. The van der Waals surface area contributed by atoms with Crippen molar-refractivity contribution in [3.63, 3.8) is 0 Å². The Kier molecular flexibility index (Phi) is 2.77. The highest BCUT2D eigenvalue weighted by Crippen LogP contribution is 2.32. The van der Waals surface area contributed by atoms with Gasteiger partial charge in [0.15, 0.2) is 11.5 Å². The van der Waals surface area contributed by atoms with Gasteiger partial charge in [0.2, 0.25) is 0 Å². The van der Waals surface area contributed by atoms with E-state index in [2.05, 4.69) is 5.32 Å². The van der Waals surface area contributed by atoms with Crippen LogP contribution >= 0.6 is 12.2 Å². The molecule has 1 aromatic rings. The Labute approximate surface area is 94.4 Å². The molecule has 15 heavy (non-hydrogen) atoms. The third-order valence-electron chi connectivity index (χ3n) is 2.36. The first-order valence-corrected chi connectivity index (χ1v) is 5.25. The van der Waals surface area contributed by atoms with Crippen LogP contribution in [0.2, 0.25) is 0 Å². The lowest BCUT2D eigenvalue weighted by Crippen LogP contribution is -2.20. The Balaban J connectivity index is 2.44. The number of nitrogens with one attached hydrogen (secondary N) is 1. The number of hydrogen-bond acceptors (Lipinski definition) is 3. The van der Waals surface area contributed by atoms with Crippen LogP contribution in [-0.4, -0.2) is 25.2 Å². The number of hydrogen-bond donors (Lipinski definition) is 1. The maximum absolute atomic E-state index is 5.50. The van der Waals surface area contributed by atoms with E-state index in [-0.39, 0.29) is 0 Å². The summed E-state index contributed by atoms with van der Waals surface area (Å²) >= 11 is 5.21. The quantitative estimate of drug-likeness (QED) is 0.733. The summed E-state index contributed by atoms with van der Waals surface area (Å²) in [5.74, 6) is 1.58. The molecule has 0 amide bonds. The lowest BCUT2D eigenvalue weighted by molar-refractivity contribution is 0.171. The molecule has 1 N–H and O–H groups in total. The third-order valence-corrected chi connectivity index (χ3v) is 2.78. The predicted molar refractivity (Wildman–Crippen MR) is 62.9 cm³/mol. The van der Waals surface area contributed by atoms with Crippen molar-refractivity contribution < 1.29 is 9.47 Å². The van der Waals surface area contributed by atoms with Gasteiger partial charge in [0.25, 0.3) is 0 Å². The van der Waals surface area contributed by atoms with Crippen LogP contribution in [0.25, 0.3) is 0 Å². The van der Waals surface area contributed by atoms with Crippen LogP contribution in [0, 0.1) is 6.92 Å². The zero-order valence-corrected chi connectivity index (χ0v) is 9.61. The van der Waals surface area contributed by atoms with Crippen molar-refractivity contribution in [1.29, 1.82) is 0 Å². The molecule has 0 aromatic heterocycles. The topological polar surface area (TPSA) is 30.5 Å². The van der Waals surface area contributed by atoms with Crippen molar-refractivity contribution >= 4 is 17.2 Å². The Morgan fingerprint density at radius 1 is 1.27 bits per heavy atom. The first kappa shape index (κ1) is 10.2. The molecular formula is C11H13NO2S. The summed E-state index contributed by atoms with van der Waals surface area (Å²) in [7, 11) is 1.82. The summed E-state index contributed by atoms with van der Waals surface area (Å²) in [6, 6.07) is 3.90. The van der Waals surface area contributed by atoms with E-state index in [0.29, 0.717) is 13.2 Å². The molecule has 2 rings (SSSR count). The van der Waals surface area contributed by atoms with Crippen LogP contribution in [0.4, 0.5) is 0 Å². The molecule has 0 saturated carbocycles. The fourth-order valence-corrected chi connectivity index (χ4v) is 1.79. The summed E-state index contributed by atoms with van der Waals surface area (Å²) in [6.45, 7) is 3.22. The SMILES string of the molecule is CNC(=S)c1cc2c(cc1C)OCCO2. The van der Waals surface area contributed by atoms with Crippen molar-refractivity contribution in [1.82, 2.24) is 5.32 Å². The van der Waals surface area contributed by atoms with Crippen molar-refractivity contribution in [2.45, 2.75) is 6.92 Å². The van der Waals surface area contributed by atoms with Crippen molar-refractivity contribution in [2.75, 3.05) is 20.3 Å².